The fourth-order valence-electron chi connectivity index (χ4n) is 1.88. The highest BCUT2D eigenvalue weighted by molar-refractivity contribution is 14.1. The minimum absolute atomic E-state index is 0.246. The number of nitrogens with two attached hydrogens (primary N) is 1. The molecular formula is C14H15FIN3. The summed E-state index contributed by atoms with van der Waals surface area (Å²) in [6.45, 7) is 3.36. The Morgan fingerprint density at radius 2 is 2.16 bits per heavy atom. The van der Waals surface area contributed by atoms with Gasteiger partial charge in [0.25, 0.3) is 0 Å². The molecule has 0 aliphatic heterocycles. The van der Waals surface area contributed by atoms with Crippen molar-refractivity contribution in [1.29, 1.82) is 0 Å². The summed E-state index contributed by atoms with van der Waals surface area (Å²) in [5.74, 6) is -0.246. The van der Waals surface area contributed by atoms with Crippen LogP contribution in [0.4, 0.5) is 15.8 Å². The van der Waals surface area contributed by atoms with Gasteiger partial charge in [-0.2, -0.15) is 0 Å². The molecule has 0 amide bonds. The third-order valence-electron chi connectivity index (χ3n) is 2.87. The van der Waals surface area contributed by atoms with Gasteiger partial charge >= 0.3 is 0 Å². The number of nitrogen functional groups attached to an aromatic ring is 1. The molecule has 0 radical (unpaired) electrons. The molecule has 19 heavy (non-hydrogen) atoms. The maximum Gasteiger partial charge on any atom is 0.138 e. The first kappa shape index (κ1) is 14.0. The Balaban J connectivity index is 2.30. The summed E-state index contributed by atoms with van der Waals surface area (Å²) in [5.41, 5.74) is 8.22. The van der Waals surface area contributed by atoms with E-state index in [4.69, 9.17) is 5.73 Å². The lowest BCUT2D eigenvalue weighted by Gasteiger charge is -2.24. The van der Waals surface area contributed by atoms with E-state index in [9.17, 15) is 4.39 Å². The Bertz CT molecular complexity index is 560. The Hall–Kier alpha value is -1.37. The van der Waals surface area contributed by atoms with Crippen molar-refractivity contribution in [2.75, 3.05) is 17.2 Å². The summed E-state index contributed by atoms with van der Waals surface area (Å²) in [6, 6.07) is 8.91. The van der Waals surface area contributed by atoms with Crippen molar-refractivity contribution in [3.8, 4) is 0 Å². The monoisotopic (exact) mass is 371 g/mol. The lowest BCUT2D eigenvalue weighted by atomic mass is 10.2. The van der Waals surface area contributed by atoms with E-state index in [0.717, 1.165) is 12.2 Å². The van der Waals surface area contributed by atoms with E-state index in [0.29, 0.717) is 21.5 Å². The molecule has 0 fully saturated rings. The average Bonchev–Trinajstić information content (AvgIpc) is 2.42. The zero-order chi connectivity index (χ0) is 13.8. The molecule has 0 saturated heterocycles. The summed E-state index contributed by atoms with van der Waals surface area (Å²) < 4.78 is 14.2. The van der Waals surface area contributed by atoms with Crippen LogP contribution in [0.2, 0.25) is 0 Å². The number of halogens is 2. The molecule has 0 aliphatic rings. The van der Waals surface area contributed by atoms with Crippen molar-refractivity contribution in [2.45, 2.75) is 13.5 Å². The van der Waals surface area contributed by atoms with Crippen LogP contribution in [0.3, 0.4) is 0 Å². The van der Waals surface area contributed by atoms with Crippen molar-refractivity contribution >= 4 is 34.0 Å². The molecular weight excluding hydrogens is 356 g/mol. The Morgan fingerprint density at radius 3 is 2.79 bits per heavy atom. The lowest BCUT2D eigenvalue weighted by molar-refractivity contribution is 0.619. The second-order valence-corrected chi connectivity index (χ2v) is 5.32. The molecule has 100 valence electrons. The molecule has 0 saturated carbocycles. The van der Waals surface area contributed by atoms with Crippen molar-refractivity contribution in [2.24, 2.45) is 0 Å². The minimum atomic E-state index is -0.246. The second-order valence-electron chi connectivity index (χ2n) is 4.16. The first-order chi connectivity index (χ1) is 9.11. The number of aromatic nitrogens is 1. The second kappa shape index (κ2) is 6.18. The van der Waals surface area contributed by atoms with E-state index < -0.39 is 0 Å². The first-order valence-corrected chi connectivity index (χ1v) is 7.09. The standard InChI is InChI=1S/C14H15FIN3/c1-2-19(9-10-5-3-4-6-18-10)14-7-11(15)12(16)8-13(14)17/h3-8H,2,9,17H2,1H3. The van der Waals surface area contributed by atoms with E-state index in [1.165, 1.54) is 6.07 Å². The highest BCUT2D eigenvalue weighted by Gasteiger charge is 2.12. The average molecular weight is 371 g/mol. The van der Waals surface area contributed by atoms with Gasteiger partial charge in [-0.1, -0.05) is 6.07 Å². The number of hydrogen-bond acceptors (Lipinski definition) is 3. The molecule has 0 unspecified atom stereocenters. The molecule has 1 heterocycles. The SMILES string of the molecule is CCN(Cc1ccccn1)c1cc(F)c(I)cc1N. The van der Waals surface area contributed by atoms with Gasteiger partial charge in [-0.05, 0) is 47.7 Å². The van der Waals surface area contributed by atoms with Gasteiger partial charge in [-0.3, -0.25) is 4.98 Å². The number of pyridine rings is 1. The maximum atomic E-state index is 13.7. The third kappa shape index (κ3) is 3.34. The van der Waals surface area contributed by atoms with Gasteiger partial charge in [0.1, 0.15) is 5.82 Å². The van der Waals surface area contributed by atoms with Crippen LogP contribution in [0, 0.1) is 9.39 Å². The van der Waals surface area contributed by atoms with Crippen molar-refractivity contribution in [1.82, 2.24) is 4.98 Å². The van der Waals surface area contributed by atoms with Gasteiger partial charge in [-0.25, -0.2) is 4.39 Å². The number of anilines is 2. The summed E-state index contributed by atoms with van der Waals surface area (Å²) in [7, 11) is 0. The highest BCUT2D eigenvalue weighted by atomic mass is 127. The van der Waals surface area contributed by atoms with Gasteiger partial charge in [-0.15, -0.1) is 0 Å². The topological polar surface area (TPSA) is 42.2 Å². The van der Waals surface area contributed by atoms with Gasteiger partial charge < -0.3 is 10.6 Å². The van der Waals surface area contributed by atoms with E-state index in [1.807, 2.05) is 52.6 Å². The number of rotatable bonds is 4. The molecule has 1 aromatic heterocycles. The summed E-state index contributed by atoms with van der Waals surface area (Å²) in [4.78, 5) is 6.29. The van der Waals surface area contributed by atoms with Crippen LogP contribution >= 0.6 is 22.6 Å². The molecule has 1 aromatic carbocycles. The quantitative estimate of drug-likeness (QED) is 0.662. The Kier molecular flexibility index (Phi) is 4.57. The van der Waals surface area contributed by atoms with Crippen molar-refractivity contribution in [3.63, 3.8) is 0 Å². The molecule has 0 spiro atoms. The zero-order valence-corrected chi connectivity index (χ0v) is 12.8. The Labute approximate surface area is 125 Å². The maximum absolute atomic E-state index is 13.7. The first-order valence-electron chi connectivity index (χ1n) is 6.01. The van der Waals surface area contributed by atoms with Crippen LogP contribution in [-0.2, 0) is 6.54 Å². The van der Waals surface area contributed by atoms with E-state index in [1.54, 1.807) is 12.3 Å². The van der Waals surface area contributed by atoms with E-state index >= 15 is 0 Å². The van der Waals surface area contributed by atoms with Crippen LogP contribution in [0.5, 0.6) is 0 Å². The highest BCUT2D eigenvalue weighted by Crippen LogP contribution is 2.28. The molecule has 5 heteroatoms. The normalized spacial score (nSPS) is 10.5. The summed E-state index contributed by atoms with van der Waals surface area (Å²) in [6.07, 6.45) is 1.75. The molecule has 0 bridgehead atoms. The van der Waals surface area contributed by atoms with Gasteiger partial charge in [0.05, 0.1) is 27.2 Å². The molecule has 0 atom stereocenters. The molecule has 2 N–H and O–H groups in total. The van der Waals surface area contributed by atoms with Gasteiger partial charge in [0, 0.05) is 18.8 Å². The lowest BCUT2D eigenvalue weighted by Crippen LogP contribution is -2.24. The predicted molar refractivity (Wildman–Crippen MR) is 84.5 cm³/mol. The number of benzene rings is 1. The van der Waals surface area contributed by atoms with Crippen molar-refractivity contribution < 1.29 is 4.39 Å². The Morgan fingerprint density at radius 1 is 1.37 bits per heavy atom. The fraction of sp³-hybridized carbons (Fsp3) is 0.214. The number of nitrogens with zero attached hydrogens (tertiary/aromatic N) is 2. The molecule has 2 rings (SSSR count). The predicted octanol–water partition coefficient (Wildman–Crippen LogP) is 3.43. The molecule has 0 aliphatic carbocycles. The smallest absolute Gasteiger partial charge is 0.138 e. The molecule has 2 aromatic rings. The van der Waals surface area contributed by atoms with Crippen LogP contribution < -0.4 is 10.6 Å². The largest absolute Gasteiger partial charge is 0.397 e. The fourth-order valence-corrected chi connectivity index (χ4v) is 2.37. The molecule has 3 nitrogen and oxygen atoms in total. The van der Waals surface area contributed by atoms with Crippen LogP contribution in [0.1, 0.15) is 12.6 Å². The van der Waals surface area contributed by atoms with E-state index in [-0.39, 0.29) is 5.82 Å². The van der Waals surface area contributed by atoms with Gasteiger partial charge in [0.2, 0.25) is 0 Å². The minimum Gasteiger partial charge on any atom is -0.397 e. The van der Waals surface area contributed by atoms with Crippen molar-refractivity contribution in [3.05, 3.63) is 51.6 Å². The summed E-state index contributed by atoms with van der Waals surface area (Å²) in [5, 5.41) is 0. The van der Waals surface area contributed by atoms with Gasteiger partial charge in [0.15, 0.2) is 0 Å². The van der Waals surface area contributed by atoms with Crippen LogP contribution in [0.15, 0.2) is 36.5 Å². The van der Waals surface area contributed by atoms with Crippen LogP contribution in [-0.4, -0.2) is 11.5 Å². The van der Waals surface area contributed by atoms with E-state index in [2.05, 4.69) is 4.98 Å². The zero-order valence-electron chi connectivity index (χ0n) is 10.6. The summed E-state index contributed by atoms with van der Waals surface area (Å²) >= 11 is 1.94. The number of hydrogen-bond donors (Lipinski definition) is 1. The third-order valence-corrected chi connectivity index (χ3v) is 3.70. The van der Waals surface area contributed by atoms with Crippen LogP contribution in [0.25, 0.3) is 0 Å².